The lowest BCUT2D eigenvalue weighted by Crippen LogP contribution is -2.44. The van der Waals surface area contributed by atoms with Crippen LogP contribution in [-0.4, -0.2) is 43.5 Å². The summed E-state index contributed by atoms with van der Waals surface area (Å²) in [5, 5.41) is 6.36. The van der Waals surface area contributed by atoms with Gasteiger partial charge in [0, 0.05) is 24.8 Å². The van der Waals surface area contributed by atoms with Crippen LogP contribution >= 0.6 is 0 Å². The quantitative estimate of drug-likeness (QED) is 0.887. The van der Waals surface area contributed by atoms with Crippen molar-refractivity contribution in [3.63, 3.8) is 0 Å². The van der Waals surface area contributed by atoms with Crippen LogP contribution in [0.15, 0.2) is 18.2 Å². The summed E-state index contributed by atoms with van der Waals surface area (Å²) in [7, 11) is 2.01. The number of piperidine rings is 1. The number of aryl methyl sites for hydroxylation is 2. The van der Waals surface area contributed by atoms with E-state index in [1.165, 1.54) is 24.0 Å². The van der Waals surface area contributed by atoms with Gasteiger partial charge >= 0.3 is 0 Å². The number of benzene rings is 1. The van der Waals surface area contributed by atoms with Crippen molar-refractivity contribution in [3.05, 3.63) is 29.3 Å². The summed E-state index contributed by atoms with van der Waals surface area (Å²) >= 11 is 0. The molecule has 0 saturated carbocycles. The number of nitrogens with zero attached hydrogens (tertiary/aromatic N) is 1. The minimum atomic E-state index is 0.107. The van der Waals surface area contributed by atoms with Gasteiger partial charge in [-0.2, -0.15) is 0 Å². The highest BCUT2D eigenvalue weighted by Gasteiger charge is 2.19. The van der Waals surface area contributed by atoms with E-state index in [0.29, 0.717) is 12.6 Å². The zero-order chi connectivity index (χ0) is 14.7. The van der Waals surface area contributed by atoms with Crippen molar-refractivity contribution >= 4 is 11.6 Å². The summed E-state index contributed by atoms with van der Waals surface area (Å²) in [5.41, 5.74) is 3.80. The Morgan fingerprint density at radius 2 is 2.00 bits per heavy atom. The van der Waals surface area contributed by atoms with Crippen molar-refractivity contribution in [1.29, 1.82) is 0 Å². The molecule has 0 spiro atoms. The summed E-state index contributed by atoms with van der Waals surface area (Å²) in [6.07, 6.45) is 5.83. The molecule has 2 aliphatic rings. The van der Waals surface area contributed by atoms with Crippen molar-refractivity contribution in [2.75, 3.05) is 32.0 Å². The van der Waals surface area contributed by atoms with Gasteiger partial charge in [-0.05, 0) is 62.4 Å². The Labute approximate surface area is 126 Å². The van der Waals surface area contributed by atoms with Gasteiger partial charge in [-0.1, -0.05) is 6.07 Å². The van der Waals surface area contributed by atoms with Crippen LogP contribution in [0.3, 0.4) is 0 Å². The molecule has 114 valence electrons. The van der Waals surface area contributed by atoms with Gasteiger partial charge in [-0.3, -0.25) is 9.69 Å². The SMILES string of the molecule is CNC1CCN(CC(=O)Nc2ccc3c(c2)CCC3)CC1. The van der Waals surface area contributed by atoms with Crippen LogP contribution in [0.5, 0.6) is 0 Å². The molecule has 1 aliphatic heterocycles. The molecular weight excluding hydrogens is 262 g/mol. The number of amides is 1. The second-order valence-corrected chi connectivity index (χ2v) is 6.22. The first-order valence-corrected chi connectivity index (χ1v) is 8.06. The fraction of sp³-hybridized carbons (Fsp3) is 0.588. The maximum Gasteiger partial charge on any atom is 0.238 e. The first kappa shape index (κ1) is 14.5. The first-order valence-electron chi connectivity index (χ1n) is 8.06. The first-order chi connectivity index (χ1) is 10.2. The second kappa shape index (κ2) is 6.58. The van der Waals surface area contributed by atoms with Crippen LogP contribution in [0.4, 0.5) is 5.69 Å². The smallest absolute Gasteiger partial charge is 0.238 e. The molecule has 0 bridgehead atoms. The third kappa shape index (κ3) is 3.63. The third-order valence-electron chi connectivity index (χ3n) is 4.75. The van der Waals surface area contributed by atoms with E-state index in [2.05, 4.69) is 27.7 Å². The number of fused-ring (bicyclic) bond motifs is 1. The number of hydrogen-bond donors (Lipinski definition) is 2. The zero-order valence-electron chi connectivity index (χ0n) is 12.8. The Balaban J connectivity index is 1.50. The van der Waals surface area contributed by atoms with Gasteiger partial charge in [0.05, 0.1) is 6.54 Å². The number of likely N-dealkylation sites (tertiary alicyclic amines) is 1. The van der Waals surface area contributed by atoms with Crippen molar-refractivity contribution in [2.24, 2.45) is 0 Å². The normalized spacial score (nSPS) is 19.5. The van der Waals surface area contributed by atoms with Crippen LogP contribution in [0.2, 0.25) is 0 Å². The summed E-state index contributed by atoms with van der Waals surface area (Å²) in [5.74, 6) is 0.107. The van der Waals surface area contributed by atoms with Crippen molar-refractivity contribution in [2.45, 2.75) is 38.1 Å². The van der Waals surface area contributed by atoms with Gasteiger partial charge in [0.1, 0.15) is 0 Å². The van der Waals surface area contributed by atoms with Crippen LogP contribution in [-0.2, 0) is 17.6 Å². The number of anilines is 1. The molecule has 4 nitrogen and oxygen atoms in total. The molecule has 4 heteroatoms. The van der Waals surface area contributed by atoms with Gasteiger partial charge in [0.25, 0.3) is 0 Å². The van der Waals surface area contributed by atoms with E-state index in [1.54, 1.807) is 0 Å². The fourth-order valence-electron chi connectivity index (χ4n) is 3.43. The number of nitrogens with one attached hydrogen (secondary N) is 2. The Morgan fingerprint density at radius 1 is 1.24 bits per heavy atom. The highest BCUT2D eigenvalue weighted by atomic mass is 16.2. The molecule has 3 rings (SSSR count). The van der Waals surface area contributed by atoms with E-state index < -0.39 is 0 Å². The summed E-state index contributed by atoms with van der Waals surface area (Å²) in [6, 6.07) is 6.96. The van der Waals surface area contributed by atoms with E-state index >= 15 is 0 Å². The van der Waals surface area contributed by atoms with Gasteiger partial charge < -0.3 is 10.6 Å². The Hall–Kier alpha value is -1.39. The van der Waals surface area contributed by atoms with E-state index in [9.17, 15) is 4.79 Å². The molecule has 1 fully saturated rings. The Kier molecular flexibility index (Phi) is 4.56. The lowest BCUT2D eigenvalue weighted by Gasteiger charge is -2.31. The van der Waals surface area contributed by atoms with Crippen LogP contribution in [0.25, 0.3) is 0 Å². The van der Waals surface area contributed by atoms with E-state index in [4.69, 9.17) is 0 Å². The second-order valence-electron chi connectivity index (χ2n) is 6.22. The lowest BCUT2D eigenvalue weighted by atomic mass is 10.1. The summed E-state index contributed by atoms with van der Waals surface area (Å²) < 4.78 is 0. The maximum atomic E-state index is 12.2. The molecule has 1 aromatic carbocycles. The Morgan fingerprint density at radius 3 is 2.76 bits per heavy atom. The third-order valence-corrected chi connectivity index (χ3v) is 4.75. The molecule has 1 aromatic rings. The van der Waals surface area contributed by atoms with Gasteiger partial charge in [0.15, 0.2) is 0 Å². The average Bonchev–Trinajstić information content (AvgIpc) is 2.95. The number of hydrogen-bond acceptors (Lipinski definition) is 3. The van der Waals surface area contributed by atoms with Gasteiger partial charge in [-0.25, -0.2) is 0 Å². The summed E-state index contributed by atoms with van der Waals surface area (Å²) in [4.78, 5) is 14.4. The fourth-order valence-corrected chi connectivity index (χ4v) is 3.43. The molecular formula is C17H25N3O. The van der Waals surface area contributed by atoms with Crippen molar-refractivity contribution < 1.29 is 4.79 Å². The van der Waals surface area contributed by atoms with Crippen LogP contribution in [0.1, 0.15) is 30.4 Å². The average molecular weight is 287 g/mol. The molecule has 1 amide bonds. The molecule has 1 heterocycles. The predicted octanol–water partition coefficient (Wildman–Crippen LogP) is 1.80. The molecule has 21 heavy (non-hydrogen) atoms. The Bertz CT molecular complexity index is 507. The molecule has 0 atom stereocenters. The lowest BCUT2D eigenvalue weighted by molar-refractivity contribution is -0.117. The molecule has 0 unspecified atom stereocenters. The minimum absolute atomic E-state index is 0.107. The molecule has 1 aliphatic carbocycles. The molecule has 0 aromatic heterocycles. The molecule has 2 N–H and O–H groups in total. The van der Waals surface area contributed by atoms with Gasteiger partial charge in [-0.15, -0.1) is 0 Å². The van der Waals surface area contributed by atoms with Crippen LogP contribution in [0, 0.1) is 0 Å². The topological polar surface area (TPSA) is 44.4 Å². The number of carbonyl (C=O) groups excluding carboxylic acids is 1. The maximum absolute atomic E-state index is 12.2. The van der Waals surface area contributed by atoms with Crippen molar-refractivity contribution in [1.82, 2.24) is 10.2 Å². The number of rotatable bonds is 4. The highest BCUT2D eigenvalue weighted by molar-refractivity contribution is 5.92. The summed E-state index contributed by atoms with van der Waals surface area (Å²) in [6.45, 7) is 2.51. The zero-order valence-corrected chi connectivity index (χ0v) is 12.8. The van der Waals surface area contributed by atoms with Gasteiger partial charge in [0.2, 0.25) is 5.91 Å². The molecule has 1 saturated heterocycles. The van der Waals surface area contributed by atoms with E-state index in [-0.39, 0.29) is 5.91 Å². The highest BCUT2D eigenvalue weighted by Crippen LogP contribution is 2.24. The standard InChI is InChI=1S/C17H25N3O/c1-18-15-7-9-20(10-8-15)12-17(21)19-16-6-5-13-3-2-4-14(13)11-16/h5-6,11,15,18H,2-4,7-10,12H2,1H3,(H,19,21). The predicted molar refractivity (Wildman–Crippen MR) is 85.6 cm³/mol. The minimum Gasteiger partial charge on any atom is -0.325 e. The molecule has 0 radical (unpaired) electrons. The monoisotopic (exact) mass is 287 g/mol. The van der Waals surface area contributed by atoms with E-state index in [0.717, 1.165) is 38.0 Å². The van der Waals surface area contributed by atoms with Crippen molar-refractivity contribution in [3.8, 4) is 0 Å². The van der Waals surface area contributed by atoms with Crippen LogP contribution < -0.4 is 10.6 Å². The largest absolute Gasteiger partial charge is 0.325 e. The van der Waals surface area contributed by atoms with E-state index in [1.807, 2.05) is 13.1 Å². The number of carbonyl (C=O) groups is 1.